The minimum absolute atomic E-state index is 0.0981. The molecule has 1 aromatic carbocycles. The van der Waals surface area contributed by atoms with Crippen molar-refractivity contribution in [2.24, 2.45) is 5.73 Å². The Morgan fingerprint density at radius 1 is 1.61 bits per heavy atom. The largest absolute Gasteiger partial charge is 0.320 e. The second-order valence-corrected chi connectivity index (χ2v) is 4.24. The van der Waals surface area contributed by atoms with E-state index in [0.29, 0.717) is 6.42 Å². The van der Waals surface area contributed by atoms with Crippen molar-refractivity contribution in [1.82, 2.24) is 0 Å². The Morgan fingerprint density at radius 3 is 2.83 bits per heavy atom. The van der Waals surface area contributed by atoms with Crippen molar-refractivity contribution in [3.8, 4) is 0 Å². The molecule has 0 heterocycles. The molecule has 0 aliphatic rings. The standard InChI is InChI=1S/C11H14ClN3O3/c1-2-3-8(13)11(16)14-9-5-4-7(12)6-10(9)15(17)18/h4-6,8H,2-3,13H2,1H3,(H,14,16)/t8-/m1/s1. The van der Waals surface area contributed by atoms with E-state index in [4.69, 9.17) is 17.3 Å². The van der Waals surface area contributed by atoms with Gasteiger partial charge in [-0.15, -0.1) is 0 Å². The van der Waals surface area contributed by atoms with Crippen molar-refractivity contribution in [3.05, 3.63) is 33.3 Å². The summed E-state index contributed by atoms with van der Waals surface area (Å²) in [6.45, 7) is 1.90. The van der Waals surface area contributed by atoms with Gasteiger partial charge in [0, 0.05) is 11.1 Å². The highest BCUT2D eigenvalue weighted by Crippen LogP contribution is 2.27. The van der Waals surface area contributed by atoms with Gasteiger partial charge in [0.2, 0.25) is 5.91 Å². The van der Waals surface area contributed by atoms with E-state index >= 15 is 0 Å². The number of benzene rings is 1. The quantitative estimate of drug-likeness (QED) is 0.634. The molecular weight excluding hydrogens is 258 g/mol. The number of hydrogen-bond acceptors (Lipinski definition) is 4. The molecule has 1 aromatic rings. The molecule has 0 aliphatic heterocycles. The molecule has 3 N–H and O–H groups in total. The fourth-order valence-corrected chi connectivity index (χ4v) is 1.60. The lowest BCUT2D eigenvalue weighted by molar-refractivity contribution is -0.383. The van der Waals surface area contributed by atoms with Gasteiger partial charge in [-0.05, 0) is 18.6 Å². The van der Waals surface area contributed by atoms with Gasteiger partial charge in [0.25, 0.3) is 5.69 Å². The molecule has 98 valence electrons. The third-order valence-corrected chi connectivity index (χ3v) is 2.59. The first-order chi connectivity index (χ1) is 8.45. The number of hydrogen-bond donors (Lipinski definition) is 2. The highest BCUT2D eigenvalue weighted by Gasteiger charge is 2.19. The summed E-state index contributed by atoms with van der Waals surface area (Å²) in [5.41, 5.74) is 5.47. The number of rotatable bonds is 5. The molecule has 0 saturated heterocycles. The number of anilines is 1. The Morgan fingerprint density at radius 2 is 2.28 bits per heavy atom. The first kappa shape index (κ1) is 14.4. The van der Waals surface area contributed by atoms with Gasteiger partial charge in [-0.3, -0.25) is 14.9 Å². The van der Waals surface area contributed by atoms with Crippen LogP contribution in [0.25, 0.3) is 0 Å². The molecule has 0 aliphatic carbocycles. The van der Waals surface area contributed by atoms with Crippen molar-refractivity contribution >= 4 is 28.9 Å². The van der Waals surface area contributed by atoms with E-state index in [1.165, 1.54) is 18.2 Å². The lowest BCUT2D eigenvalue weighted by atomic mass is 10.1. The highest BCUT2D eigenvalue weighted by molar-refractivity contribution is 6.31. The van der Waals surface area contributed by atoms with E-state index < -0.39 is 16.9 Å². The number of nitrogens with zero attached hydrogens (tertiary/aromatic N) is 1. The molecule has 1 atom stereocenters. The Hall–Kier alpha value is -1.66. The van der Waals surface area contributed by atoms with Crippen LogP contribution in [-0.2, 0) is 4.79 Å². The minimum Gasteiger partial charge on any atom is -0.320 e. The average molecular weight is 272 g/mol. The van der Waals surface area contributed by atoms with Crippen LogP contribution in [-0.4, -0.2) is 16.9 Å². The van der Waals surface area contributed by atoms with E-state index in [9.17, 15) is 14.9 Å². The van der Waals surface area contributed by atoms with Crippen molar-refractivity contribution in [2.45, 2.75) is 25.8 Å². The zero-order valence-corrected chi connectivity index (χ0v) is 10.6. The van der Waals surface area contributed by atoms with Crippen LogP contribution in [0.5, 0.6) is 0 Å². The third-order valence-electron chi connectivity index (χ3n) is 2.35. The first-order valence-corrected chi connectivity index (χ1v) is 5.84. The molecular formula is C11H14ClN3O3. The fourth-order valence-electron chi connectivity index (χ4n) is 1.43. The normalized spacial score (nSPS) is 11.9. The number of nitrogens with two attached hydrogens (primary N) is 1. The molecule has 0 fully saturated rings. The summed E-state index contributed by atoms with van der Waals surface area (Å²) in [5, 5.41) is 13.5. The predicted molar refractivity (Wildman–Crippen MR) is 69.6 cm³/mol. The summed E-state index contributed by atoms with van der Waals surface area (Å²) < 4.78 is 0. The van der Waals surface area contributed by atoms with Crippen LogP contribution in [0, 0.1) is 10.1 Å². The molecule has 1 rings (SSSR count). The van der Waals surface area contributed by atoms with Gasteiger partial charge in [-0.2, -0.15) is 0 Å². The van der Waals surface area contributed by atoms with Crippen LogP contribution in [0.1, 0.15) is 19.8 Å². The van der Waals surface area contributed by atoms with Crippen LogP contribution in [0.4, 0.5) is 11.4 Å². The average Bonchev–Trinajstić information content (AvgIpc) is 2.31. The van der Waals surface area contributed by atoms with E-state index in [1.54, 1.807) is 0 Å². The predicted octanol–water partition coefficient (Wildman–Crippen LogP) is 2.31. The topological polar surface area (TPSA) is 98.3 Å². The number of nitro groups is 1. The zero-order chi connectivity index (χ0) is 13.7. The lowest BCUT2D eigenvalue weighted by Crippen LogP contribution is -2.35. The fraction of sp³-hybridized carbons (Fsp3) is 0.364. The molecule has 0 bridgehead atoms. The molecule has 1 amide bonds. The third kappa shape index (κ3) is 3.68. The van der Waals surface area contributed by atoms with Gasteiger partial charge in [0.15, 0.2) is 0 Å². The van der Waals surface area contributed by atoms with Gasteiger partial charge in [0.05, 0.1) is 11.0 Å². The summed E-state index contributed by atoms with van der Waals surface area (Å²) in [5.74, 6) is -0.442. The number of carbonyl (C=O) groups excluding carboxylic acids is 1. The van der Waals surface area contributed by atoms with Gasteiger partial charge in [-0.1, -0.05) is 24.9 Å². The SMILES string of the molecule is CCC[C@@H](N)C(=O)Nc1ccc(Cl)cc1[N+](=O)[O-]. The van der Waals surface area contributed by atoms with Crippen molar-refractivity contribution in [3.63, 3.8) is 0 Å². The maximum atomic E-state index is 11.7. The summed E-state index contributed by atoms with van der Waals surface area (Å²) in [6.07, 6.45) is 1.28. The second-order valence-electron chi connectivity index (χ2n) is 3.80. The van der Waals surface area contributed by atoms with Crippen LogP contribution in [0.2, 0.25) is 5.02 Å². The van der Waals surface area contributed by atoms with Gasteiger partial charge in [-0.25, -0.2) is 0 Å². The van der Waals surface area contributed by atoms with E-state index in [2.05, 4.69) is 5.32 Å². The van der Waals surface area contributed by atoms with Gasteiger partial charge < -0.3 is 11.1 Å². The van der Waals surface area contributed by atoms with E-state index in [1.807, 2.05) is 6.92 Å². The molecule has 7 heteroatoms. The number of carbonyl (C=O) groups is 1. The number of amides is 1. The second kappa shape index (κ2) is 6.32. The Kier molecular flexibility index (Phi) is 5.06. The molecule has 18 heavy (non-hydrogen) atoms. The van der Waals surface area contributed by atoms with Crippen molar-refractivity contribution in [1.29, 1.82) is 0 Å². The Balaban J connectivity index is 2.90. The highest BCUT2D eigenvalue weighted by atomic mass is 35.5. The van der Waals surface area contributed by atoms with Crippen molar-refractivity contribution in [2.75, 3.05) is 5.32 Å². The molecule has 0 radical (unpaired) electrons. The van der Waals surface area contributed by atoms with Crippen LogP contribution in [0.3, 0.4) is 0 Å². The summed E-state index contributed by atoms with van der Waals surface area (Å²) in [7, 11) is 0. The summed E-state index contributed by atoms with van der Waals surface area (Å²) in [6, 6.07) is 3.36. The molecule has 0 spiro atoms. The molecule has 0 saturated carbocycles. The molecule has 0 aromatic heterocycles. The Bertz CT molecular complexity index is 465. The van der Waals surface area contributed by atoms with E-state index in [0.717, 1.165) is 6.42 Å². The lowest BCUT2D eigenvalue weighted by Gasteiger charge is -2.11. The molecule has 6 nitrogen and oxygen atoms in total. The smallest absolute Gasteiger partial charge is 0.294 e. The van der Waals surface area contributed by atoms with Crippen LogP contribution in [0.15, 0.2) is 18.2 Å². The molecule has 0 unspecified atom stereocenters. The van der Waals surface area contributed by atoms with Crippen LogP contribution < -0.4 is 11.1 Å². The maximum Gasteiger partial charge on any atom is 0.294 e. The number of nitrogens with one attached hydrogen (secondary N) is 1. The maximum absolute atomic E-state index is 11.7. The summed E-state index contributed by atoms with van der Waals surface area (Å²) in [4.78, 5) is 21.9. The zero-order valence-electron chi connectivity index (χ0n) is 9.85. The first-order valence-electron chi connectivity index (χ1n) is 5.46. The monoisotopic (exact) mass is 271 g/mol. The number of nitro benzene ring substituents is 1. The summed E-state index contributed by atoms with van der Waals surface area (Å²) >= 11 is 5.67. The van der Waals surface area contributed by atoms with E-state index in [-0.39, 0.29) is 16.4 Å². The Labute approximate surface area is 109 Å². The van der Waals surface area contributed by atoms with Crippen LogP contribution >= 0.6 is 11.6 Å². The van der Waals surface area contributed by atoms with Gasteiger partial charge >= 0.3 is 0 Å². The number of halogens is 1. The van der Waals surface area contributed by atoms with Gasteiger partial charge in [0.1, 0.15) is 5.69 Å². The van der Waals surface area contributed by atoms with Crippen molar-refractivity contribution < 1.29 is 9.72 Å². The minimum atomic E-state index is -0.676.